The van der Waals surface area contributed by atoms with Gasteiger partial charge in [0, 0.05) is 6.07 Å². The largest absolute Gasteiger partial charge is 0.478 e. The Labute approximate surface area is 182 Å². The molecule has 1 aliphatic carbocycles. The number of nitrogens with zero attached hydrogens (tertiary/aromatic N) is 2. The van der Waals surface area contributed by atoms with Crippen molar-refractivity contribution < 1.29 is 27.5 Å². The monoisotopic (exact) mass is 448 g/mol. The number of fused-ring (bicyclic) bond motifs is 2. The second kappa shape index (κ2) is 6.80. The molecule has 1 heterocycles. The van der Waals surface area contributed by atoms with Gasteiger partial charge in [-0.3, -0.25) is 4.57 Å². The van der Waals surface area contributed by atoms with E-state index in [1.165, 1.54) is 0 Å². The Morgan fingerprint density at radius 2 is 1.59 bits per heavy atom. The third-order valence-corrected chi connectivity index (χ3v) is 6.64. The number of hydrogen-bond acceptors (Lipinski definition) is 2. The highest BCUT2D eigenvalue weighted by molar-refractivity contribution is 5.93. The normalized spacial score (nSPS) is 17.4. The number of carbonyl (C=O) groups is 1. The number of hydrogen-bond donors (Lipinski definition) is 1. The predicted molar refractivity (Wildman–Crippen MR) is 113 cm³/mol. The highest BCUT2D eigenvalue weighted by Gasteiger charge is 2.41. The number of carboxylic acid groups (broad SMARTS) is 1. The molecule has 0 amide bonds. The number of aromatic nitrogens is 2. The smallest absolute Gasteiger partial charge is 0.450 e. The molecule has 0 unspecified atom stereocenters. The lowest BCUT2D eigenvalue weighted by Gasteiger charge is -2.42. The number of aromatic carboxylic acids is 1. The van der Waals surface area contributed by atoms with E-state index in [1.54, 1.807) is 13.0 Å². The van der Waals surface area contributed by atoms with Crippen LogP contribution in [0.3, 0.4) is 0 Å². The van der Waals surface area contributed by atoms with E-state index >= 15 is 0 Å². The molecule has 0 radical (unpaired) electrons. The van der Waals surface area contributed by atoms with E-state index < -0.39 is 29.4 Å². The van der Waals surface area contributed by atoms with Crippen LogP contribution in [0.2, 0.25) is 0 Å². The second-order valence-electron chi connectivity index (χ2n) is 9.85. The lowest BCUT2D eigenvalue weighted by molar-refractivity contribution is -0.145. The van der Waals surface area contributed by atoms with Gasteiger partial charge in [-0.1, -0.05) is 33.8 Å². The van der Waals surface area contributed by atoms with Gasteiger partial charge in [0.1, 0.15) is 5.82 Å². The zero-order valence-electron chi connectivity index (χ0n) is 18.5. The molecular formula is C24H24F4N2O2. The number of alkyl halides is 3. The van der Waals surface area contributed by atoms with Gasteiger partial charge in [-0.15, -0.1) is 0 Å². The first-order valence-electron chi connectivity index (χ1n) is 10.3. The molecule has 0 atom stereocenters. The SMILES string of the molecule is Cc1cc2c(cc1-n1c(C(F)(F)F)nc3cc(C(=O)O)c(F)cc31)C(C)(C)CCC2(C)C. The molecule has 0 aliphatic heterocycles. The minimum Gasteiger partial charge on any atom is -0.478 e. The third-order valence-electron chi connectivity index (χ3n) is 6.64. The maximum atomic E-state index is 14.5. The van der Waals surface area contributed by atoms with Gasteiger partial charge in [-0.05, 0) is 59.4 Å². The van der Waals surface area contributed by atoms with Crippen LogP contribution >= 0.6 is 0 Å². The molecule has 4 rings (SSSR count). The van der Waals surface area contributed by atoms with Crippen LogP contribution in [-0.2, 0) is 17.0 Å². The Bertz CT molecular complexity index is 1270. The lowest BCUT2D eigenvalue weighted by atomic mass is 9.63. The Morgan fingerprint density at radius 3 is 2.12 bits per heavy atom. The molecule has 32 heavy (non-hydrogen) atoms. The van der Waals surface area contributed by atoms with Crippen LogP contribution in [0.1, 0.15) is 73.4 Å². The van der Waals surface area contributed by atoms with Gasteiger partial charge in [-0.25, -0.2) is 14.2 Å². The van der Waals surface area contributed by atoms with E-state index in [0.29, 0.717) is 5.56 Å². The van der Waals surface area contributed by atoms with Crippen LogP contribution in [0, 0.1) is 12.7 Å². The summed E-state index contributed by atoms with van der Waals surface area (Å²) in [5, 5.41) is 9.16. The van der Waals surface area contributed by atoms with Crippen molar-refractivity contribution >= 4 is 17.0 Å². The number of halogens is 4. The van der Waals surface area contributed by atoms with E-state index in [4.69, 9.17) is 5.11 Å². The van der Waals surface area contributed by atoms with Gasteiger partial charge in [-0.2, -0.15) is 13.2 Å². The van der Waals surface area contributed by atoms with Crippen molar-refractivity contribution in [2.24, 2.45) is 0 Å². The molecule has 170 valence electrons. The van der Waals surface area contributed by atoms with Gasteiger partial charge in [0.2, 0.25) is 5.82 Å². The van der Waals surface area contributed by atoms with Crippen LogP contribution in [0.15, 0.2) is 24.3 Å². The molecule has 0 fully saturated rings. The quantitative estimate of drug-likeness (QED) is 0.453. The van der Waals surface area contributed by atoms with Gasteiger partial charge in [0.25, 0.3) is 0 Å². The Hall–Kier alpha value is -2.90. The second-order valence-corrected chi connectivity index (χ2v) is 9.85. The third kappa shape index (κ3) is 3.36. The maximum absolute atomic E-state index is 14.5. The molecule has 0 bridgehead atoms. The van der Waals surface area contributed by atoms with Gasteiger partial charge in [0.05, 0.1) is 22.3 Å². The first kappa shape index (κ1) is 22.3. The van der Waals surface area contributed by atoms with Crippen molar-refractivity contribution in [3.05, 3.63) is 58.2 Å². The fourth-order valence-electron chi connectivity index (χ4n) is 4.65. The zero-order valence-corrected chi connectivity index (χ0v) is 18.5. The van der Waals surface area contributed by atoms with Crippen LogP contribution in [-0.4, -0.2) is 20.6 Å². The van der Waals surface area contributed by atoms with Crippen LogP contribution < -0.4 is 0 Å². The minimum atomic E-state index is -4.82. The molecule has 0 saturated heterocycles. The summed E-state index contributed by atoms with van der Waals surface area (Å²) in [6.45, 7) is 10.1. The molecule has 1 N–H and O–H groups in total. The van der Waals surface area contributed by atoms with E-state index in [0.717, 1.165) is 40.7 Å². The number of aryl methyl sites for hydroxylation is 1. The van der Waals surface area contributed by atoms with Crippen molar-refractivity contribution in [3.63, 3.8) is 0 Å². The highest BCUT2D eigenvalue weighted by atomic mass is 19.4. The first-order chi connectivity index (χ1) is 14.6. The summed E-state index contributed by atoms with van der Waals surface area (Å²) in [7, 11) is 0. The Kier molecular flexibility index (Phi) is 4.74. The number of carboxylic acids is 1. The molecule has 0 saturated carbocycles. The fourth-order valence-corrected chi connectivity index (χ4v) is 4.65. The van der Waals surface area contributed by atoms with Gasteiger partial charge >= 0.3 is 12.1 Å². The van der Waals surface area contributed by atoms with Crippen LogP contribution in [0.5, 0.6) is 0 Å². The van der Waals surface area contributed by atoms with Crippen molar-refractivity contribution in [2.75, 3.05) is 0 Å². The van der Waals surface area contributed by atoms with Crippen LogP contribution in [0.4, 0.5) is 17.6 Å². The highest BCUT2D eigenvalue weighted by Crippen LogP contribution is 2.47. The standard InChI is InChI=1S/C24H24F4N2O2/c1-12-8-14-15(23(4,5)7-6-22(14,2)3)10-18(12)30-19-11-16(25)13(20(31)32)9-17(19)29-21(30)24(26,27)28/h8-11H,6-7H2,1-5H3,(H,31,32). The summed E-state index contributed by atoms with van der Waals surface area (Å²) >= 11 is 0. The summed E-state index contributed by atoms with van der Waals surface area (Å²) in [5.74, 6) is -3.90. The van der Waals surface area contributed by atoms with E-state index in [2.05, 4.69) is 32.7 Å². The van der Waals surface area contributed by atoms with E-state index in [1.807, 2.05) is 6.07 Å². The molecule has 0 spiro atoms. The fraction of sp³-hybridized carbons (Fsp3) is 0.417. The molecule has 8 heteroatoms. The van der Waals surface area contributed by atoms with Crippen LogP contribution in [0.25, 0.3) is 16.7 Å². The van der Waals surface area contributed by atoms with Crippen molar-refractivity contribution in [1.82, 2.24) is 9.55 Å². The molecular weight excluding hydrogens is 424 g/mol. The van der Waals surface area contributed by atoms with E-state index in [9.17, 15) is 22.4 Å². The summed E-state index contributed by atoms with van der Waals surface area (Å²) in [6, 6.07) is 5.33. The Balaban J connectivity index is 2.10. The number of rotatable bonds is 2. The van der Waals surface area contributed by atoms with Gasteiger partial charge < -0.3 is 5.11 Å². The van der Waals surface area contributed by atoms with Crippen molar-refractivity contribution in [3.8, 4) is 5.69 Å². The van der Waals surface area contributed by atoms with E-state index in [-0.39, 0.29) is 27.6 Å². The first-order valence-corrected chi connectivity index (χ1v) is 10.3. The minimum absolute atomic E-state index is 0.125. The zero-order chi connectivity index (χ0) is 23.8. The van der Waals surface area contributed by atoms with Crippen molar-refractivity contribution in [1.29, 1.82) is 0 Å². The molecule has 1 aromatic heterocycles. The molecule has 4 nitrogen and oxygen atoms in total. The Morgan fingerprint density at radius 1 is 1.03 bits per heavy atom. The number of imidazole rings is 1. The van der Waals surface area contributed by atoms with Gasteiger partial charge in [0.15, 0.2) is 0 Å². The average molecular weight is 448 g/mol. The lowest BCUT2D eigenvalue weighted by Crippen LogP contribution is -2.34. The molecule has 1 aliphatic rings. The number of benzene rings is 2. The molecule has 2 aromatic carbocycles. The summed E-state index contributed by atoms with van der Waals surface area (Å²) in [4.78, 5) is 14.9. The topological polar surface area (TPSA) is 55.1 Å². The summed E-state index contributed by atoms with van der Waals surface area (Å²) in [6.07, 6.45) is -2.99. The molecule has 3 aromatic rings. The summed E-state index contributed by atoms with van der Waals surface area (Å²) in [5.41, 5.74) is 1.45. The maximum Gasteiger partial charge on any atom is 0.450 e. The van der Waals surface area contributed by atoms with Crippen molar-refractivity contribution in [2.45, 2.75) is 64.5 Å². The summed E-state index contributed by atoms with van der Waals surface area (Å²) < 4.78 is 57.3. The average Bonchev–Trinajstić information content (AvgIpc) is 3.03. The predicted octanol–water partition coefficient (Wildman–Crippen LogP) is 6.54.